The van der Waals surface area contributed by atoms with Gasteiger partial charge < -0.3 is 5.32 Å². The molecule has 0 aliphatic heterocycles. The fourth-order valence-electron chi connectivity index (χ4n) is 2.55. The summed E-state index contributed by atoms with van der Waals surface area (Å²) in [5.41, 5.74) is 2.33. The topological polar surface area (TPSA) is 29.9 Å². The van der Waals surface area contributed by atoms with Crippen LogP contribution in [0.25, 0.3) is 0 Å². The minimum absolute atomic E-state index is 0.245. The summed E-state index contributed by atoms with van der Waals surface area (Å²) in [6.07, 6.45) is 3.36. The highest BCUT2D eigenvalue weighted by atomic mass is 35.5. The highest BCUT2D eigenvalue weighted by Gasteiger charge is 2.26. The van der Waals surface area contributed by atoms with Gasteiger partial charge in [0.05, 0.1) is 16.4 Å². The Bertz CT molecular complexity index is 387. The van der Waals surface area contributed by atoms with Gasteiger partial charge in [-0.1, -0.05) is 38.8 Å². The molecule has 0 spiro atoms. The lowest BCUT2D eigenvalue weighted by Crippen LogP contribution is -2.34. The van der Waals surface area contributed by atoms with E-state index in [1.54, 1.807) is 0 Å². The van der Waals surface area contributed by atoms with Crippen LogP contribution in [-0.4, -0.2) is 22.9 Å². The molecule has 0 saturated carbocycles. The maximum absolute atomic E-state index is 6.35. The summed E-state index contributed by atoms with van der Waals surface area (Å²) in [6.45, 7) is 10.7. The molecule has 4 heteroatoms. The Morgan fingerprint density at radius 2 is 2.06 bits per heavy atom. The lowest BCUT2D eigenvalue weighted by Gasteiger charge is -2.29. The Labute approximate surface area is 116 Å². The smallest absolute Gasteiger partial charge is 0.0847 e. The summed E-state index contributed by atoms with van der Waals surface area (Å²) in [6, 6.07) is 0. The average Bonchev–Trinajstić information content (AvgIpc) is 2.54. The van der Waals surface area contributed by atoms with Gasteiger partial charge in [-0.15, -0.1) is 0 Å². The van der Waals surface area contributed by atoms with E-state index in [9.17, 15) is 0 Å². The second-order valence-corrected chi connectivity index (χ2v) is 5.87. The van der Waals surface area contributed by atoms with Gasteiger partial charge in [0.1, 0.15) is 0 Å². The summed E-state index contributed by atoms with van der Waals surface area (Å²) >= 11 is 6.35. The molecule has 1 aromatic rings. The van der Waals surface area contributed by atoms with Gasteiger partial charge in [-0.3, -0.25) is 4.68 Å². The van der Waals surface area contributed by atoms with E-state index in [0.717, 1.165) is 35.9 Å². The molecule has 0 saturated heterocycles. The third-order valence-corrected chi connectivity index (χ3v) is 4.00. The molecule has 1 rings (SSSR count). The Kier molecular flexibility index (Phi) is 5.67. The fraction of sp³-hybridized carbons (Fsp3) is 0.786. The van der Waals surface area contributed by atoms with Gasteiger partial charge in [-0.2, -0.15) is 5.10 Å². The Morgan fingerprint density at radius 1 is 1.39 bits per heavy atom. The van der Waals surface area contributed by atoms with Crippen molar-refractivity contribution in [3.63, 3.8) is 0 Å². The van der Waals surface area contributed by atoms with Gasteiger partial charge in [0.25, 0.3) is 0 Å². The zero-order chi connectivity index (χ0) is 13.8. The minimum Gasteiger partial charge on any atom is -0.316 e. The Hall–Kier alpha value is -0.540. The molecule has 0 aliphatic carbocycles. The van der Waals surface area contributed by atoms with Crippen LogP contribution in [0.15, 0.2) is 0 Å². The maximum Gasteiger partial charge on any atom is 0.0847 e. The number of nitrogens with one attached hydrogen (secondary N) is 1. The van der Waals surface area contributed by atoms with Gasteiger partial charge in [0.15, 0.2) is 0 Å². The molecule has 18 heavy (non-hydrogen) atoms. The molecule has 1 heterocycles. The second-order valence-electron chi connectivity index (χ2n) is 5.49. The first-order valence-electron chi connectivity index (χ1n) is 6.82. The van der Waals surface area contributed by atoms with E-state index in [-0.39, 0.29) is 5.41 Å². The summed E-state index contributed by atoms with van der Waals surface area (Å²) in [4.78, 5) is 0. The number of hydrogen-bond donors (Lipinski definition) is 1. The van der Waals surface area contributed by atoms with Crippen molar-refractivity contribution in [1.82, 2.24) is 15.1 Å². The van der Waals surface area contributed by atoms with Crippen molar-refractivity contribution in [2.24, 2.45) is 12.5 Å². The van der Waals surface area contributed by atoms with E-state index in [1.165, 1.54) is 12.8 Å². The standard InChI is InChI=1S/C14H26ClN3/c1-6-8-14(4,10-16-7-2)9-12-13(15)11(3)17-18(12)5/h16H,6-10H2,1-5H3. The van der Waals surface area contributed by atoms with Crippen LogP contribution in [0.3, 0.4) is 0 Å². The monoisotopic (exact) mass is 271 g/mol. The van der Waals surface area contributed by atoms with Crippen molar-refractivity contribution < 1.29 is 0 Å². The molecule has 0 radical (unpaired) electrons. The van der Waals surface area contributed by atoms with E-state index in [0.29, 0.717) is 0 Å². The van der Waals surface area contributed by atoms with Crippen LogP contribution in [0.4, 0.5) is 0 Å². The van der Waals surface area contributed by atoms with Crippen molar-refractivity contribution in [2.45, 2.75) is 47.0 Å². The number of rotatable bonds is 7. The van der Waals surface area contributed by atoms with E-state index >= 15 is 0 Å². The minimum atomic E-state index is 0.245. The van der Waals surface area contributed by atoms with Gasteiger partial charge >= 0.3 is 0 Å². The molecule has 0 bridgehead atoms. The quantitative estimate of drug-likeness (QED) is 0.824. The van der Waals surface area contributed by atoms with Gasteiger partial charge in [-0.05, 0) is 31.7 Å². The highest BCUT2D eigenvalue weighted by molar-refractivity contribution is 6.31. The molecule has 1 aromatic heterocycles. The van der Waals surface area contributed by atoms with Crippen LogP contribution < -0.4 is 5.32 Å². The van der Waals surface area contributed by atoms with Crippen LogP contribution in [0.1, 0.15) is 45.0 Å². The number of aromatic nitrogens is 2. The second kappa shape index (κ2) is 6.58. The van der Waals surface area contributed by atoms with Crippen LogP contribution in [0.5, 0.6) is 0 Å². The lowest BCUT2D eigenvalue weighted by molar-refractivity contribution is 0.271. The molecule has 1 atom stereocenters. The van der Waals surface area contributed by atoms with E-state index in [2.05, 4.69) is 31.2 Å². The number of aryl methyl sites for hydroxylation is 2. The van der Waals surface area contributed by atoms with E-state index in [1.807, 2.05) is 18.7 Å². The first-order valence-corrected chi connectivity index (χ1v) is 7.20. The van der Waals surface area contributed by atoms with Crippen molar-refractivity contribution in [3.05, 3.63) is 16.4 Å². The van der Waals surface area contributed by atoms with Gasteiger partial charge in [-0.25, -0.2) is 0 Å². The van der Waals surface area contributed by atoms with Crippen LogP contribution in [0.2, 0.25) is 5.02 Å². The normalized spacial score (nSPS) is 14.8. The summed E-state index contributed by atoms with van der Waals surface area (Å²) in [7, 11) is 1.98. The third-order valence-electron chi connectivity index (χ3n) is 3.51. The zero-order valence-electron chi connectivity index (χ0n) is 12.3. The molecule has 0 fully saturated rings. The zero-order valence-corrected chi connectivity index (χ0v) is 13.1. The van der Waals surface area contributed by atoms with Crippen LogP contribution in [-0.2, 0) is 13.5 Å². The summed E-state index contributed by atoms with van der Waals surface area (Å²) in [5.74, 6) is 0. The lowest BCUT2D eigenvalue weighted by atomic mass is 9.81. The first kappa shape index (κ1) is 15.5. The molecule has 0 amide bonds. The van der Waals surface area contributed by atoms with Crippen LogP contribution in [0, 0.1) is 12.3 Å². The van der Waals surface area contributed by atoms with Crippen molar-refractivity contribution >= 4 is 11.6 Å². The molecule has 104 valence electrons. The largest absolute Gasteiger partial charge is 0.316 e. The number of nitrogens with zero attached hydrogens (tertiary/aromatic N) is 2. The summed E-state index contributed by atoms with van der Waals surface area (Å²) < 4.78 is 1.93. The number of hydrogen-bond acceptors (Lipinski definition) is 2. The highest BCUT2D eigenvalue weighted by Crippen LogP contribution is 2.31. The average molecular weight is 272 g/mol. The molecule has 3 nitrogen and oxygen atoms in total. The van der Waals surface area contributed by atoms with Crippen molar-refractivity contribution in [3.8, 4) is 0 Å². The summed E-state index contributed by atoms with van der Waals surface area (Å²) in [5, 5.41) is 8.70. The van der Waals surface area contributed by atoms with Crippen molar-refractivity contribution in [2.75, 3.05) is 13.1 Å². The molecule has 1 N–H and O–H groups in total. The number of halogens is 1. The molecular weight excluding hydrogens is 246 g/mol. The van der Waals surface area contributed by atoms with Gasteiger partial charge in [0.2, 0.25) is 0 Å². The van der Waals surface area contributed by atoms with E-state index < -0.39 is 0 Å². The predicted molar refractivity (Wildman–Crippen MR) is 78.2 cm³/mol. The Morgan fingerprint density at radius 3 is 2.50 bits per heavy atom. The molecular formula is C14H26ClN3. The predicted octanol–water partition coefficient (Wildman–Crippen LogP) is 3.34. The molecule has 0 aliphatic rings. The molecule has 0 aromatic carbocycles. The van der Waals surface area contributed by atoms with Crippen LogP contribution >= 0.6 is 11.6 Å². The van der Waals surface area contributed by atoms with Crippen molar-refractivity contribution in [1.29, 1.82) is 0 Å². The maximum atomic E-state index is 6.35. The molecule has 1 unspecified atom stereocenters. The first-order chi connectivity index (χ1) is 8.43. The van der Waals surface area contributed by atoms with Gasteiger partial charge in [0, 0.05) is 13.6 Å². The Balaban J connectivity index is 2.88. The SMILES string of the molecule is CCCC(C)(CNCC)Cc1c(Cl)c(C)nn1C. The third kappa shape index (κ3) is 3.72. The van der Waals surface area contributed by atoms with E-state index in [4.69, 9.17) is 11.6 Å². The fourth-order valence-corrected chi connectivity index (χ4v) is 2.77.